The Balaban J connectivity index is 1.85. The van der Waals surface area contributed by atoms with Crippen LogP contribution in [0, 0.1) is 0 Å². The van der Waals surface area contributed by atoms with E-state index in [9.17, 15) is 4.79 Å². The Bertz CT molecular complexity index is 582. The summed E-state index contributed by atoms with van der Waals surface area (Å²) in [6.07, 6.45) is 0.986. The van der Waals surface area contributed by atoms with Crippen LogP contribution in [0.5, 0.6) is 5.75 Å². The third-order valence-corrected chi connectivity index (χ3v) is 3.29. The van der Waals surface area contributed by atoms with Crippen LogP contribution in [-0.2, 0) is 4.79 Å². The molecule has 116 valence electrons. The first-order valence-corrected chi connectivity index (χ1v) is 7.49. The van der Waals surface area contributed by atoms with Gasteiger partial charge in [-0.3, -0.25) is 4.79 Å². The number of carbonyl (C=O) groups is 1. The van der Waals surface area contributed by atoms with Crippen LogP contribution in [-0.4, -0.2) is 26.1 Å². The molecule has 0 aliphatic rings. The highest BCUT2D eigenvalue weighted by Gasteiger charge is 2.09. The molecule has 22 heavy (non-hydrogen) atoms. The Hall–Kier alpha value is -2.49. The maximum Gasteiger partial charge on any atom is 0.246 e. The largest absolute Gasteiger partial charge is 0.494 e. The molecule has 0 aliphatic heterocycles. The number of hydrogen-bond acceptors (Lipinski definition) is 3. The zero-order chi connectivity index (χ0) is 15.8. The number of para-hydroxylation sites is 1. The van der Waals surface area contributed by atoms with Crippen molar-refractivity contribution in [2.24, 2.45) is 0 Å². The molecule has 0 aliphatic carbocycles. The Kier molecular flexibility index (Phi) is 5.83. The Morgan fingerprint density at radius 1 is 1.09 bits per heavy atom. The lowest BCUT2D eigenvalue weighted by atomic mass is 10.3. The van der Waals surface area contributed by atoms with Crippen LogP contribution in [0.4, 0.5) is 11.4 Å². The maximum atomic E-state index is 12.2. The monoisotopic (exact) mass is 298 g/mol. The van der Waals surface area contributed by atoms with E-state index in [1.807, 2.05) is 54.6 Å². The number of nitrogens with zero attached hydrogens (tertiary/aromatic N) is 1. The lowest BCUT2D eigenvalue weighted by Gasteiger charge is -2.18. The minimum Gasteiger partial charge on any atom is -0.494 e. The highest BCUT2D eigenvalue weighted by atomic mass is 16.5. The van der Waals surface area contributed by atoms with E-state index in [0.29, 0.717) is 6.61 Å². The molecule has 1 N–H and O–H groups in total. The molecule has 0 saturated carbocycles. The summed E-state index contributed by atoms with van der Waals surface area (Å²) in [5.41, 5.74) is 1.79. The van der Waals surface area contributed by atoms with Gasteiger partial charge in [0.1, 0.15) is 5.75 Å². The molecule has 4 heteroatoms. The van der Waals surface area contributed by atoms with Gasteiger partial charge in [-0.05, 0) is 42.8 Å². The average Bonchev–Trinajstić information content (AvgIpc) is 2.58. The smallest absolute Gasteiger partial charge is 0.246 e. The van der Waals surface area contributed by atoms with Crippen LogP contribution in [0.15, 0.2) is 54.6 Å². The number of rotatable bonds is 7. The van der Waals surface area contributed by atoms with Crippen LogP contribution in [0.25, 0.3) is 0 Å². The fraction of sp³-hybridized carbons (Fsp3) is 0.278. The van der Waals surface area contributed by atoms with Gasteiger partial charge in [0.25, 0.3) is 0 Å². The van der Waals surface area contributed by atoms with Crippen LogP contribution in [0.3, 0.4) is 0 Å². The van der Waals surface area contributed by atoms with Crippen LogP contribution >= 0.6 is 0 Å². The first kappa shape index (κ1) is 15.9. The molecule has 4 nitrogen and oxygen atoms in total. The fourth-order valence-electron chi connectivity index (χ4n) is 1.98. The third kappa shape index (κ3) is 4.52. The van der Waals surface area contributed by atoms with E-state index in [-0.39, 0.29) is 12.5 Å². The molecule has 2 aromatic carbocycles. The van der Waals surface area contributed by atoms with Crippen molar-refractivity contribution < 1.29 is 9.53 Å². The normalized spacial score (nSPS) is 10.1. The highest BCUT2D eigenvalue weighted by Crippen LogP contribution is 2.16. The lowest BCUT2D eigenvalue weighted by Crippen LogP contribution is -2.32. The Labute approximate surface area is 131 Å². The van der Waals surface area contributed by atoms with E-state index in [1.165, 1.54) is 0 Å². The van der Waals surface area contributed by atoms with Crippen LogP contribution in [0.1, 0.15) is 13.3 Å². The van der Waals surface area contributed by atoms with E-state index >= 15 is 0 Å². The molecule has 2 rings (SSSR count). The minimum atomic E-state index is 0.0116. The number of anilines is 2. The van der Waals surface area contributed by atoms with Crippen molar-refractivity contribution in [3.63, 3.8) is 0 Å². The minimum absolute atomic E-state index is 0.0116. The quantitative estimate of drug-likeness (QED) is 0.850. The molecule has 0 spiro atoms. The van der Waals surface area contributed by atoms with Crippen molar-refractivity contribution in [3.8, 4) is 5.75 Å². The van der Waals surface area contributed by atoms with Crippen LogP contribution < -0.4 is 15.0 Å². The molecule has 1 amide bonds. The predicted molar refractivity (Wildman–Crippen MR) is 90.6 cm³/mol. The number of amides is 1. The van der Waals surface area contributed by atoms with Gasteiger partial charge in [0.2, 0.25) is 5.91 Å². The zero-order valence-electron chi connectivity index (χ0n) is 13.1. The van der Waals surface area contributed by atoms with Crippen molar-refractivity contribution in [3.05, 3.63) is 54.6 Å². The fourth-order valence-corrected chi connectivity index (χ4v) is 1.98. The summed E-state index contributed by atoms with van der Waals surface area (Å²) in [7, 11) is 1.78. The molecule has 0 aromatic heterocycles. The first-order valence-electron chi connectivity index (χ1n) is 7.49. The summed E-state index contributed by atoms with van der Waals surface area (Å²) < 4.78 is 5.53. The van der Waals surface area contributed by atoms with Gasteiger partial charge in [-0.25, -0.2) is 0 Å². The second kappa shape index (κ2) is 8.08. The molecule has 0 heterocycles. The molecule has 0 fully saturated rings. The number of likely N-dealkylation sites (N-methyl/N-ethyl adjacent to an activating group) is 1. The van der Waals surface area contributed by atoms with Gasteiger partial charge in [-0.1, -0.05) is 25.1 Å². The molecular weight excluding hydrogens is 276 g/mol. The van der Waals surface area contributed by atoms with Crippen molar-refractivity contribution in [2.75, 3.05) is 30.4 Å². The lowest BCUT2D eigenvalue weighted by molar-refractivity contribution is -0.116. The standard InChI is InChI=1S/C18H22N2O2/c1-3-13-22-17-11-9-15(10-12-17)19-14-18(21)20(2)16-7-5-4-6-8-16/h4-12,19H,3,13-14H2,1-2H3. The Morgan fingerprint density at radius 2 is 1.77 bits per heavy atom. The van der Waals surface area contributed by atoms with Crippen molar-refractivity contribution >= 4 is 17.3 Å². The van der Waals surface area contributed by atoms with Crippen molar-refractivity contribution in [1.29, 1.82) is 0 Å². The number of nitrogens with one attached hydrogen (secondary N) is 1. The van der Waals surface area contributed by atoms with E-state index in [0.717, 1.165) is 23.5 Å². The zero-order valence-corrected chi connectivity index (χ0v) is 13.1. The van der Waals surface area contributed by atoms with Gasteiger partial charge in [0.05, 0.1) is 13.2 Å². The van der Waals surface area contributed by atoms with E-state index < -0.39 is 0 Å². The number of carbonyl (C=O) groups excluding carboxylic acids is 1. The number of hydrogen-bond donors (Lipinski definition) is 1. The van der Waals surface area contributed by atoms with Gasteiger partial charge >= 0.3 is 0 Å². The maximum absolute atomic E-state index is 12.2. The second-order valence-corrected chi connectivity index (χ2v) is 5.01. The number of ether oxygens (including phenoxy) is 1. The second-order valence-electron chi connectivity index (χ2n) is 5.01. The summed E-state index contributed by atoms with van der Waals surface area (Å²) in [4.78, 5) is 13.8. The van der Waals surface area contributed by atoms with Gasteiger partial charge in [-0.15, -0.1) is 0 Å². The average molecular weight is 298 g/mol. The highest BCUT2D eigenvalue weighted by molar-refractivity contribution is 5.95. The summed E-state index contributed by atoms with van der Waals surface area (Å²) >= 11 is 0. The SMILES string of the molecule is CCCOc1ccc(NCC(=O)N(C)c2ccccc2)cc1. The van der Waals surface area contributed by atoms with E-state index in [1.54, 1.807) is 11.9 Å². The summed E-state index contributed by atoms with van der Waals surface area (Å²) in [5.74, 6) is 0.859. The van der Waals surface area contributed by atoms with E-state index in [2.05, 4.69) is 12.2 Å². The summed E-state index contributed by atoms with van der Waals surface area (Å²) in [6.45, 7) is 3.04. The van der Waals surface area contributed by atoms with Gasteiger partial charge < -0.3 is 15.0 Å². The van der Waals surface area contributed by atoms with Crippen molar-refractivity contribution in [1.82, 2.24) is 0 Å². The van der Waals surface area contributed by atoms with Crippen molar-refractivity contribution in [2.45, 2.75) is 13.3 Å². The molecule has 2 aromatic rings. The summed E-state index contributed by atoms with van der Waals surface area (Å²) in [5, 5.41) is 3.13. The molecule has 0 bridgehead atoms. The van der Waals surface area contributed by atoms with E-state index in [4.69, 9.17) is 4.74 Å². The Morgan fingerprint density at radius 3 is 2.41 bits per heavy atom. The first-order chi connectivity index (χ1) is 10.7. The number of benzene rings is 2. The summed E-state index contributed by atoms with van der Waals surface area (Å²) in [6, 6.07) is 17.2. The molecule has 0 atom stereocenters. The molecule has 0 radical (unpaired) electrons. The van der Waals surface area contributed by atoms with Gasteiger partial charge in [0, 0.05) is 18.4 Å². The van der Waals surface area contributed by atoms with Crippen LogP contribution in [0.2, 0.25) is 0 Å². The topological polar surface area (TPSA) is 41.6 Å². The van der Waals surface area contributed by atoms with Gasteiger partial charge in [0.15, 0.2) is 0 Å². The predicted octanol–water partition coefficient (Wildman–Crippen LogP) is 3.55. The molecule has 0 unspecified atom stereocenters. The molecule has 0 saturated heterocycles. The van der Waals surface area contributed by atoms with Gasteiger partial charge in [-0.2, -0.15) is 0 Å². The molecular formula is C18H22N2O2. The third-order valence-electron chi connectivity index (χ3n) is 3.29.